The summed E-state index contributed by atoms with van der Waals surface area (Å²) in [7, 11) is 1.51. The minimum Gasteiger partial charge on any atom is -0.496 e. The molecule has 6 nitrogen and oxygen atoms in total. The van der Waals surface area contributed by atoms with Gasteiger partial charge >= 0.3 is 5.97 Å². The highest BCUT2D eigenvalue weighted by Gasteiger charge is 2.32. The molecule has 0 saturated carbocycles. The van der Waals surface area contributed by atoms with Crippen molar-refractivity contribution in [2.24, 2.45) is 5.92 Å². The van der Waals surface area contributed by atoms with Gasteiger partial charge in [-0.25, -0.2) is 0 Å². The lowest BCUT2D eigenvalue weighted by Crippen LogP contribution is -2.47. The Kier molecular flexibility index (Phi) is 5.59. The molecule has 0 spiro atoms. The Balaban J connectivity index is 2.20. The Morgan fingerprint density at radius 1 is 1.29 bits per heavy atom. The summed E-state index contributed by atoms with van der Waals surface area (Å²) in [5.41, 5.74) is 1.16. The zero-order chi connectivity index (χ0) is 17.9. The molecule has 24 heavy (non-hydrogen) atoms. The summed E-state index contributed by atoms with van der Waals surface area (Å²) in [6, 6.07) is 5.02. The van der Waals surface area contributed by atoms with Crippen LogP contribution in [0.3, 0.4) is 0 Å². The topological polar surface area (TPSA) is 83.9 Å². The van der Waals surface area contributed by atoms with E-state index in [1.165, 1.54) is 14.0 Å². The second-order valence-electron chi connectivity index (χ2n) is 6.27. The van der Waals surface area contributed by atoms with Gasteiger partial charge in [-0.05, 0) is 44.9 Å². The number of methoxy groups -OCH3 is 1. The van der Waals surface area contributed by atoms with Crippen LogP contribution >= 0.6 is 0 Å². The molecule has 1 saturated heterocycles. The van der Waals surface area contributed by atoms with Gasteiger partial charge in [0.1, 0.15) is 5.75 Å². The number of benzene rings is 1. The van der Waals surface area contributed by atoms with Crippen LogP contribution in [-0.4, -0.2) is 47.4 Å². The van der Waals surface area contributed by atoms with Crippen molar-refractivity contribution in [1.82, 2.24) is 4.90 Å². The average molecular weight is 333 g/mol. The van der Waals surface area contributed by atoms with Crippen molar-refractivity contribution < 1.29 is 24.2 Å². The van der Waals surface area contributed by atoms with Gasteiger partial charge in [0.25, 0.3) is 0 Å². The van der Waals surface area contributed by atoms with Crippen LogP contribution in [0.4, 0.5) is 0 Å². The molecule has 0 aliphatic carbocycles. The van der Waals surface area contributed by atoms with E-state index in [-0.39, 0.29) is 30.7 Å². The molecule has 130 valence electrons. The maximum absolute atomic E-state index is 12.7. The van der Waals surface area contributed by atoms with Crippen LogP contribution in [0.25, 0.3) is 0 Å². The first-order valence-corrected chi connectivity index (χ1v) is 8.03. The van der Waals surface area contributed by atoms with E-state index in [4.69, 9.17) is 4.74 Å². The fourth-order valence-electron chi connectivity index (χ4n) is 3.06. The number of likely N-dealkylation sites (tertiary alicyclic amines) is 1. The number of hydrogen-bond acceptors (Lipinski definition) is 4. The molecule has 2 rings (SSSR count). The summed E-state index contributed by atoms with van der Waals surface area (Å²) >= 11 is 0. The van der Waals surface area contributed by atoms with E-state index in [2.05, 4.69) is 0 Å². The van der Waals surface area contributed by atoms with E-state index < -0.39 is 11.9 Å². The molecule has 2 unspecified atom stereocenters. The standard InChI is InChI=1S/C18H23NO5/c1-11-4-5-14(18(22)23)10-19(11)17(21)9-15-8-13(12(2)20)6-7-16(15)24-3/h6-8,11,14H,4-5,9-10H2,1-3H3,(H,22,23). The van der Waals surface area contributed by atoms with Gasteiger partial charge in [-0.2, -0.15) is 0 Å². The summed E-state index contributed by atoms with van der Waals surface area (Å²) in [5.74, 6) is -1.06. The monoisotopic (exact) mass is 333 g/mol. The van der Waals surface area contributed by atoms with Gasteiger partial charge in [-0.3, -0.25) is 14.4 Å². The average Bonchev–Trinajstić information content (AvgIpc) is 2.54. The molecule has 0 bridgehead atoms. The first kappa shape index (κ1) is 18.0. The summed E-state index contributed by atoms with van der Waals surface area (Å²) in [4.78, 5) is 37.1. The maximum atomic E-state index is 12.7. The molecule has 1 amide bonds. The van der Waals surface area contributed by atoms with Crippen LogP contribution < -0.4 is 4.74 Å². The van der Waals surface area contributed by atoms with Crippen molar-refractivity contribution >= 4 is 17.7 Å². The van der Waals surface area contributed by atoms with Gasteiger partial charge < -0.3 is 14.7 Å². The Morgan fingerprint density at radius 3 is 2.58 bits per heavy atom. The smallest absolute Gasteiger partial charge is 0.308 e. The third-order valence-corrected chi connectivity index (χ3v) is 4.58. The van der Waals surface area contributed by atoms with Crippen LogP contribution in [0.15, 0.2) is 18.2 Å². The third-order valence-electron chi connectivity index (χ3n) is 4.58. The number of Topliss-reactive ketones (excluding diaryl/α,β-unsaturated/α-hetero) is 1. The minimum atomic E-state index is -0.865. The molecule has 1 aromatic carbocycles. The quantitative estimate of drug-likeness (QED) is 0.835. The highest BCUT2D eigenvalue weighted by Crippen LogP contribution is 2.25. The Labute approximate surface area is 141 Å². The van der Waals surface area contributed by atoms with E-state index in [0.29, 0.717) is 29.7 Å². The maximum Gasteiger partial charge on any atom is 0.308 e. The second-order valence-corrected chi connectivity index (χ2v) is 6.27. The van der Waals surface area contributed by atoms with Crippen LogP contribution in [-0.2, 0) is 16.0 Å². The van der Waals surface area contributed by atoms with Crippen molar-refractivity contribution in [3.63, 3.8) is 0 Å². The Morgan fingerprint density at radius 2 is 2.00 bits per heavy atom. The van der Waals surface area contributed by atoms with Crippen molar-refractivity contribution in [2.45, 2.75) is 39.2 Å². The number of carbonyl (C=O) groups is 3. The number of piperidine rings is 1. The molecule has 2 atom stereocenters. The number of amides is 1. The number of nitrogens with zero attached hydrogens (tertiary/aromatic N) is 1. The predicted octanol–water partition coefficient (Wildman–Crippen LogP) is 2.15. The summed E-state index contributed by atoms with van der Waals surface area (Å²) in [5, 5.41) is 9.20. The van der Waals surface area contributed by atoms with Crippen LogP contribution in [0.5, 0.6) is 5.75 Å². The number of carbonyl (C=O) groups excluding carboxylic acids is 2. The molecule has 1 fully saturated rings. The van der Waals surface area contributed by atoms with Gasteiger partial charge in [0.15, 0.2) is 5.78 Å². The molecular formula is C18H23NO5. The summed E-state index contributed by atoms with van der Waals surface area (Å²) in [6.07, 6.45) is 1.34. The van der Waals surface area contributed by atoms with E-state index >= 15 is 0 Å². The van der Waals surface area contributed by atoms with Crippen LogP contribution in [0.2, 0.25) is 0 Å². The molecule has 1 N–H and O–H groups in total. The number of carboxylic acids is 1. The normalized spacial score (nSPS) is 20.5. The van der Waals surface area contributed by atoms with E-state index in [1.54, 1.807) is 23.1 Å². The fraction of sp³-hybridized carbons (Fsp3) is 0.500. The molecule has 0 radical (unpaired) electrons. The summed E-state index contributed by atoms with van der Waals surface area (Å²) in [6.45, 7) is 3.63. The largest absolute Gasteiger partial charge is 0.496 e. The lowest BCUT2D eigenvalue weighted by Gasteiger charge is -2.36. The first-order chi connectivity index (χ1) is 11.3. The van der Waals surface area contributed by atoms with Gasteiger partial charge in [-0.1, -0.05) is 0 Å². The zero-order valence-electron chi connectivity index (χ0n) is 14.2. The van der Waals surface area contributed by atoms with E-state index in [1.807, 2.05) is 6.92 Å². The number of rotatable bonds is 5. The van der Waals surface area contributed by atoms with Crippen molar-refractivity contribution in [3.8, 4) is 5.75 Å². The predicted molar refractivity (Wildman–Crippen MR) is 88.2 cm³/mol. The van der Waals surface area contributed by atoms with Crippen LogP contribution in [0, 0.1) is 5.92 Å². The lowest BCUT2D eigenvalue weighted by atomic mass is 9.93. The number of ether oxygens (including phenoxy) is 1. The van der Waals surface area contributed by atoms with Gasteiger partial charge in [0, 0.05) is 23.7 Å². The molecule has 6 heteroatoms. The Hall–Kier alpha value is -2.37. The zero-order valence-corrected chi connectivity index (χ0v) is 14.2. The second kappa shape index (κ2) is 7.47. The number of ketones is 1. The minimum absolute atomic E-state index is 0.00934. The summed E-state index contributed by atoms with van der Waals surface area (Å²) < 4.78 is 5.28. The molecular weight excluding hydrogens is 310 g/mol. The molecule has 1 aromatic rings. The van der Waals surface area contributed by atoms with Crippen molar-refractivity contribution in [1.29, 1.82) is 0 Å². The molecule has 0 aromatic heterocycles. The van der Waals surface area contributed by atoms with Gasteiger partial charge in [0.05, 0.1) is 19.4 Å². The van der Waals surface area contributed by atoms with Crippen molar-refractivity contribution in [2.75, 3.05) is 13.7 Å². The van der Waals surface area contributed by atoms with E-state index in [0.717, 1.165) is 0 Å². The van der Waals surface area contributed by atoms with Gasteiger partial charge in [-0.15, -0.1) is 0 Å². The highest BCUT2D eigenvalue weighted by atomic mass is 16.5. The Bertz CT molecular complexity index is 655. The highest BCUT2D eigenvalue weighted by molar-refractivity contribution is 5.94. The van der Waals surface area contributed by atoms with E-state index in [9.17, 15) is 19.5 Å². The van der Waals surface area contributed by atoms with Gasteiger partial charge in [0.2, 0.25) is 5.91 Å². The SMILES string of the molecule is COc1ccc(C(C)=O)cc1CC(=O)N1CC(C(=O)O)CCC1C. The van der Waals surface area contributed by atoms with Crippen molar-refractivity contribution in [3.05, 3.63) is 29.3 Å². The molecule has 1 heterocycles. The number of hydrogen-bond donors (Lipinski definition) is 1. The fourth-order valence-corrected chi connectivity index (χ4v) is 3.06. The lowest BCUT2D eigenvalue weighted by molar-refractivity contribution is -0.147. The first-order valence-electron chi connectivity index (χ1n) is 8.03. The number of carboxylic acid groups (broad SMARTS) is 1. The molecule has 1 aliphatic heterocycles. The molecule has 1 aliphatic rings. The van der Waals surface area contributed by atoms with Crippen LogP contribution in [0.1, 0.15) is 42.6 Å². The third kappa shape index (κ3) is 3.93. The number of aliphatic carboxylic acids is 1.